The molecule has 0 N–H and O–H groups in total. The number of urea groups is 1. The Balaban J connectivity index is 1.47. The van der Waals surface area contributed by atoms with Gasteiger partial charge in [0.15, 0.2) is 0 Å². The second-order valence-corrected chi connectivity index (χ2v) is 11.5. The highest BCUT2D eigenvalue weighted by molar-refractivity contribution is 6.42. The summed E-state index contributed by atoms with van der Waals surface area (Å²) in [5.74, 6) is -1.52. The molecule has 2 aliphatic heterocycles. The van der Waals surface area contributed by atoms with Crippen molar-refractivity contribution in [3.8, 4) is 0 Å². The number of halogens is 6. The van der Waals surface area contributed by atoms with Crippen molar-refractivity contribution in [1.29, 1.82) is 0 Å². The van der Waals surface area contributed by atoms with Gasteiger partial charge in [0.05, 0.1) is 28.7 Å². The number of hydroxylamine groups is 2. The van der Waals surface area contributed by atoms with Gasteiger partial charge in [-0.15, -0.1) is 5.06 Å². The Morgan fingerprint density at radius 1 is 0.953 bits per heavy atom. The molecule has 2 saturated heterocycles. The van der Waals surface area contributed by atoms with Crippen LogP contribution >= 0.6 is 23.2 Å². The maximum atomic E-state index is 14.3. The van der Waals surface area contributed by atoms with Crippen LogP contribution in [0, 0.1) is 5.82 Å². The number of hydrogen-bond acceptors (Lipinski definition) is 5. The van der Waals surface area contributed by atoms with Crippen molar-refractivity contribution < 1.29 is 32.0 Å². The molecule has 2 atom stereocenters. The average molecular weight is 649 g/mol. The van der Waals surface area contributed by atoms with E-state index in [0.717, 1.165) is 17.7 Å². The third-order valence-electron chi connectivity index (χ3n) is 8.01. The maximum Gasteiger partial charge on any atom is 0.428 e. The first-order chi connectivity index (χ1) is 20.3. The highest BCUT2D eigenvalue weighted by atomic mass is 35.5. The molecule has 2 heterocycles. The van der Waals surface area contributed by atoms with E-state index in [4.69, 9.17) is 28.0 Å². The van der Waals surface area contributed by atoms with Gasteiger partial charge in [-0.25, -0.2) is 14.0 Å². The second kappa shape index (κ2) is 13.9. The van der Waals surface area contributed by atoms with E-state index in [1.54, 1.807) is 38.9 Å². The van der Waals surface area contributed by atoms with Crippen LogP contribution in [0.5, 0.6) is 0 Å². The first kappa shape index (κ1) is 33.1. The summed E-state index contributed by atoms with van der Waals surface area (Å²) < 4.78 is 53.5. The quantitative estimate of drug-likeness (QED) is 0.336. The Morgan fingerprint density at radius 2 is 1.63 bits per heavy atom. The predicted octanol–water partition coefficient (Wildman–Crippen LogP) is 6.18. The van der Waals surface area contributed by atoms with E-state index in [-0.39, 0.29) is 24.5 Å². The van der Waals surface area contributed by atoms with E-state index in [2.05, 4.69) is 0 Å². The molecule has 4 rings (SSSR count). The molecule has 3 amide bonds. The average Bonchev–Trinajstić information content (AvgIpc) is 3.40. The van der Waals surface area contributed by atoms with E-state index >= 15 is 0 Å². The SMILES string of the molecule is CCN(CC)C(=O)ON1CCN(C(=O)N2CC(c3ccc(Cl)c(Cl)c3)C(N(C)Cc3ccc(C(F)(F)F)c(F)c3)C2)CC1. The molecule has 2 aromatic rings. The summed E-state index contributed by atoms with van der Waals surface area (Å²) in [5, 5.41) is 2.32. The first-order valence-electron chi connectivity index (χ1n) is 14.1. The van der Waals surface area contributed by atoms with E-state index in [0.29, 0.717) is 68.0 Å². The van der Waals surface area contributed by atoms with Gasteiger partial charge in [-0.3, -0.25) is 4.90 Å². The molecule has 0 aliphatic carbocycles. The Morgan fingerprint density at radius 3 is 2.21 bits per heavy atom. The smallest absolute Gasteiger partial charge is 0.351 e. The summed E-state index contributed by atoms with van der Waals surface area (Å²) in [4.78, 5) is 38.3. The van der Waals surface area contributed by atoms with Crippen LogP contribution in [0.25, 0.3) is 0 Å². The van der Waals surface area contributed by atoms with Crippen LogP contribution in [0.4, 0.5) is 27.2 Å². The molecule has 2 fully saturated rings. The molecule has 0 aromatic heterocycles. The molecule has 0 bridgehead atoms. The van der Waals surface area contributed by atoms with Crippen LogP contribution in [-0.2, 0) is 17.6 Å². The molecule has 2 aromatic carbocycles. The zero-order chi connectivity index (χ0) is 31.5. The van der Waals surface area contributed by atoms with Gasteiger partial charge in [-0.05, 0) is 56.3 Å². The lowest BCUT2D eigenvalue weighted by atomic mass is 9.93. The van der Waals surface area contributed by atoms with Gasteiger partial charge >= 0.3 is 18.3 Å². The minimum absolute atomic E-state index is 0.163. The Kier molecular flexibility index (Phi) is 10.7. The van der Waals surface area contributed by atoms with E-state index < -0.39 is 23.7 Å². The fourth-order valence-electron chi connectivity index (χ4n) is 5.57. The lowest BCUT2D eigenvalue weighted by Gasteiger charge is -2.36. The summed E-state index contributed by atoms with van der Waals surface area (Å²) in [7, 11) is 1.79. The summed E-state index contributed by atoms with van der Waals surface area (Å²) in [5.41, 5.74) is -0.0810. The highest BCUT2D eigenvalue weighted by Gasteiger charge is 2.41. The molecule has 0 radical (unpaired) electrons. The molecule has 14 heteroatoms. The lowest BCUT2D eigenvalue weighted by molar-refractivity contribution is -0.140. The highest BCUT2D eigenvalue weighted by Crippen LogP contribution is 2.36. The van der Waals surface area contributed by atoms with Crippen LogP contribution in [0.15, 0.2) is 36.4 Å². The van der Waals surface area contributed by atoms with E-state index in [1.165, 1.54) is 6.07 Å². The second-order valence-electron chi connectivity index (χ2n) is 10.7. The zero-order valence-electron chi connectivity index (χ0n) is 24.2. The van der Waals surface area contributed by atoms with Crippen molar-refractivity contribution in [1.82, 2.24) is 24.7 Å². The van der Waals surface area contributed by atoms with Crippen molar-refractivity contribution in [2.75, 3.05) is 59.4 Å². The monoisotopic (exact) mass is 647 g/mol. The molecule has 2 unspecified atom stereocenters. The first-order valence-corrected chi connectivity index (χ1v) is 14.8. The largest absolute Gasteiger partial charge is 0.428 e. The van der Waals surface area contributed by atoms with Crippen LogP contribution in [-0.4, -0.2) is 102 Å². The molecule has 8 nitrogen and oxygen atoms in total. The topological polar surface area (TPSA) is 59.6 Å². The predicted molar refractivity (Wildman–Crippen MR) is 155 cm³/mol. The molecule has 43 heavy (non-hydrogen) atoms. The number of likely N-dealkylation sites (N-methyl/N-ethyl adjacent to an activating group) is 1. The number of carbonyl (C=O) groups is 2. The fraction of sp³-hybridized carbons (Fsp3) is 0.517. The third kappa shape index (κ3) is 7.84. The number of benzene rings is 2. The molecular formula is C29H35Cl2F4N5O3. The van der Waals surface area contributed by atoms with Crippen molar-refractivity contribution >= 4 is 35.3 Å². The summed E-state index contributed by atoms with van der Waals surface area (Å²) in [6.45, 7) is 7.13. The molecular weight excluding hydrogens is 613 g/mol. The number of rotatable bonds is 7. The number of nitrogens with zero attached hydrogens (tertiary/aromatic N) is 5. The van der Waals surface area contributed by atoms with E-state index in [1.807, 2.05) is 24.8 Å². The Bertz CT molecular complexity index is 1310. The van der Waals surface area contributed by atoms with Gasteiger partial charge in [-0.1, -0.05) is 35.3 Å². The van der Waals surface area contributed by atoms with Crippen molar-refractivity contribution in [3.63, 3.8) is 0 Å². The van der Waals surface area contributed by atoms with Gasteiger partial charge in [0.2, 0.25) is 0 Å². The summed E-state index contributed by atoms with van der Waals surface area (Å²) >= 11 is 12.5. The molecule has 0 spiro atoms. The van der Waals surface area contributed by atoms with Gasteiger partial charge in [-0.2, -0.15) is 13.2 Å². The van der Waals surface area contributed by atoms with Gasteiger partial charge in [0, 0.05) is 57.8 Å². The maximum absolute atomic E-state index is 14.3. The molecule has 2 aliphatic rings. The van der Waals surface area contributed by atoms with E-state index in [9.17, 15) is 27.2 Å². The zero-order valence-corrected chi connectivity index (χ0v) is 25.7. The van der Waals surface area contributed by atoms with Crippen molar-refractivity contribution in [2.24, 2.45) is 0 Å². The fourth-order valence-corrected chi connectivity index (χ4v) is 5.88. The standard InChI is InChI=1S/C29H35Cl2F4N5O3/c1-4-37(5-2)28(42)43-40-12-10-38(11-13-40)27(41)39-17-21(20-7-9-23(30)24(31)15-20)26(18-39)36(3)16-19-6-8-22(25(32)14-19)29(33,34)35/h6-9,14-15,21,26H,4-5,10-13,16-18H2,1-3H3. The number of hydrogen-bond donors (Lipinski definition) is 0. The third-order valence-corrected chi connectivity index (χ3v) is 8.75. The lowest BCUT2D eigenvalue weighted by Crippen LogP contribution is -2.53. The van der Waals surface area contributed by atoms with Crippen LogP contribution in [0.1, 0.15) is 36.5 Å². The van der Waals surface area contributed by atoms with Crippen LogP contribution in [0.2, 0.25) is 10.0 Å². The Labute approximate surface area is 258 Å². The minimum atomic E-state index is -4.78. The summed E-state index contributed by atoms with van der Waals surface area (Å²) in [6, 6.07) is 7.78. The van der Waals surface area contributed by atoms with Gasteiger partial charge in [0.1, 0.15) is 5.82 Å². The van der Waals surface area contributed by atoms with Gasteiger partial charge < -0.3 is 19.5 Å². The number of likely N-dealkylation sites (tertiary alicyclic amines) is 1. The van der Waals surface area contributed by atoms with Crippen molar-refractivity contribution in [3.05, 3.63) is 69.0 Å². The number of carbonyl (C=O) groups excluding carboxylic acids is 2. The van der Waals surface area contributed by atoms with Gasteiger partial charge in [0.25, 0.3) is 0 Å². The van der Waals surface area contributed by atoms with Crippen LogP contribution < -0.4 is 0 Å². The Hall–Kier alpha value is -2.80. The summed E-state index contributed by atoms with van der Waals surface area (Å²) in [6.07, 6.45) is -5.20. The molecule has 236 valence electrons. The molecule has 0 saturated carbocycles. The number of alkyl halides is 3. The number of amides is 3. The number of piperazine rings is 1. The minimum Gasteiger partial charge on any atom is -0.351 e. The van der Waals surface area contributed by atoms with Crippen LogP contribution in [0.3, 0.4) is 0 Å². The van der Waals surface area contributed by atoms with Crippen molar-refractivity contribution in [2.45, 2.75) is 38.5 Å². The normalized spacial score (nSPS) is 19.7.